The van der Waals surface area contributed by atoms with E-state index in [2.05, 4.69) is 31.3 Å². The summed E-state index contributed by atoms with van der Waals surface area (Å²) in [5.41, 5.74) is 0. The molecule has 0 aromatic heterocycles. The van der Waals surface area contributed by atoms with E-state index < -0.39 is 0 Å². The number of nitrogens with one attached hydrogen (secondary N) is 1. The summed E-state index contributed by atoms with van der Waals surface area (Å²) in [5, 5.41) is 3.64. The average Bonchev–Trinajstić information content (AvgIpc) is 2.74. The van der Waals surface area contributed by atoms with Crippen LogP contribution < -0.4 is 5.32 Å². The van der Waals surface area contributed by atoms with Crippen LogP contribution in [0.15, 0.2) is 12.2 Å². The maximum absolute atomic E-state index is 3.64. The van der Waals surface area contributed by atoms with Gasteiger partial charge in [-0.2, -0.15) is 0 Å². The summed E-state index contributed by atoms with van der Waals surface area (Å²) in [4.78, 5) is 0. The molecule has 0 radical (unpaired) electrons. The largest absolute Gasteiger partial charge is 0.317 e. The quantitative estimate of drug-likeness (QED) is 0.117. The van der Waals surface area contributed by atoms with Crippen LogP contribution in [0.25, 0.3) is 0 Å². The summed E-state index contributed by atoms with van der Waals surface area (Å²) in [5.74, 6) is 0. The van der Waals surface area contributed by atoms with Crippen molar-refractivity contribution in [1.82, 2.24) is 5.32 Å². The van der Waals surface area contributed by atoms with Gasteiger partial charge in [0.25, 0.3) is 0 Å². The average molecular weight is 408 g/mol. The molecule has 0 bridgehead atoms. The molecule has 1 heteroatoms. The van der Waals surface area contributed by atoms with E-state index in [1.807, 2.05) is 0 Å². The Hall–Kier alpha value is -0.300. The van der Waals surface area contributed by atoms with Crippen molar-refractivity contribution in [3.63, 3.8) is 0 Å². The Labute approximate surface area is 185 Å². The Morgan fingerprint density at radius 2 is 0.690 bits per heavy atom. The fraction of sp³-hybridized carbons (Fsp3) is 0.929. The van der Waals surface area contributed by atoms with E-state index in [0.717, 1.165) is 0 Å². The molecule has 0 saturated heterocycles. The van der Waals surface area contributed by atoms with Crippen molar-refractivity contribution >= 4 is 0 Å². The Morgan fingerprint density at radius 3 is 1.07 bits per heavy atom. The maximum Gasteiger partial charge on any atom is -0.00489 e. The zero-order chi connectivity index (χ0) is 21.1. The van der Waals surface area contributed by atoms with Crippen LogP contribution in [0.3, 0.4) is 0 Å². The second-order valence-electron chi connectivity index (χ2n) is 9.16. The highest BCUT2D eigenvalue weighted by atomic mass is 14.8. The van der Waals surface area contributed by atoms with E-state index in [9.17, 15) is 0 Å². The number of allylic oxidation sites excluding steroid dienone is 2. The Bertz CT molecular complexity index is 297. The molecule has 0 spiro atoms. The molecule has 0 fully saturated rings. The molecule has 0 unspecified atom stereocenters. The summed E-state index contributed by atoms with van der Waals surface area (Å²) in [7, 11) is 0. The van der Waals surface area contributed by atoms with E-state index in [-0.39, 0.29) is 0 Å². The molecular formula is C28H57N. The molecule has 0 aromatic rings. The summed E-state index contributed by atoms with van der Waals surface area (Å²) in [6, 6.07) is 0. The monoisotopic (exact) mass is 407 g/mol. The van der Waals surface area contributed by atoms with E-state index in [0.29, 0.717) is 0 Å². The number of hydrogen-bond donors (Lipinski definition) is 1. The normalized spacial score (nSPS) is 11.7. The molecule has 0 aliphatic rings. The van der Waals surface area contributed by atoms with Crippen molar-refractivity contribution in [1.29, 1.82) is 0 Å². The van der Waals surface area contributed by atoms with E-state index >= 15 is 0 Å². The van der Waals surface area contributed by atoms with Gasteiger partial charge in [0, 0.05) is 0 Å². The summed E-state index contributed by atoms with van der Waals surface area (Å²) >= 11 is 0. The van der Waals surface area contributed by atoms with E-state index in [1.54, 1.807) is 0 Å². The van der Waals surface area contributed by atoms with Gasteiger partial charge in [0.05, 0.1) is 0 Å². The maximum atomic E-state index is 3.64. The number of rotatable bonds is 25. The van der Waals surface area contributed by atoms with E-state index in [4.69, 9.17) is 0 Å². The van der Waals surface area contributed by atoms with Gasteiger partial charge in [-0.05, 0) is 51.6 Å². The fourth-order valence-electron chi connectivity index (χ4n) is 4.01. The highest BCUT2D eigenvalue weighted by Crippen LogP contribution is 2.10. The zero-order valence-corrected chi connectivity index (χ0v) is 20.6. The molecule has 0 aromatic carbocycles. The molecule has 0 amide bonds. The first-order valence-electron chi connectivity index (χ1n) is 13.8. The van der Waals surface area contributed by atoms with Gasteiger partial charge in [-0.3, -0.25) is 0 Å². The van der Waals surface area contributed by atoms with Crippen molar-refractivity contribution in [2.75, 3.05) is 13.1 Å². The van der Waals surface area contributed by atoms with Crippen LogP contribution in [-0.2, 0) is 0 Å². The molecule has 0 heterocycles. The van der Waals surface area contributed by atoms with Crippen LogP contribution in [0.4, 0.5) is 0 Å². The van der Waals surface area contributed by atoms with Gasteiger partial charge in [0.15, 0.2) is 0 Å². The molecular weight excluding hydrogens is 350 g/mol. The molecule has 0 saturated carbocycles. The van der Waals surface area contributed by atoms with E-state index in [1.165, 1.54) is 154 Å². The second-order valence-corrected chi connectivity index (χ2v) is 9.16. The Balaban J connectivity index is 3.04. The molecule has 0 aliphatic heterocycles. The predicted octanol–water partition coefficient (Wildman–Crippen LogP) is 9.75. The minimum Gasteiger partial charge on any atom is -0.317 e. The van der Waals surface area contributed by atoms with Crippen LogP contribution in [0.1, 0.15) is 155 Å². The lowest BCUT2D eigenvalue weighted by Crippen LogP contribution is -2.16. The minimum atomic E-state index is 1.23. The van der Waals surface area contributed by atoms with Gasteiger partial charge >= 0.3 is 0 Å². The predicted molar refractivity (Wildman–Crippen MR) is 135 cm³/mol. The topological polar surface area (TPSA) is 12.0 Å². The second kappa shape index (κ2) is 27.7. The fourth-order valence-corrected chi connectivity index (χ4v) is 4.01. The first-order valence-corrected chi connectivity index (χ1v) is 13.8. The Kier molecular flexibility index (Phi) is 27.4. The highest BCUT2D eigenvalue weighted by Gasteiger charge is 1.94. The van der Waals surface area contributed by atoms with Gasteiger partial charge in [-0.1, -0.05) is 129 Å². The van der Waals surface area contributed by atoms with Crippen molar-refractivity contribution in [3.05, 3.63) is 12.2 Å². The van der Waals surface area contributed by atoms with Gasteiger partial charge in [-0.25, -0.2) is 0 Å². The summed E-state index contributed by atoms with van der Waals surface area (Å²) < 4.78 is 0. The molecule has 29 heavy (non-hydrogen) atoms. The van der Waals surface area contributed by atoms with Gasteiger partial charge in [0.1, 0.15) is 0 Å². The standard InChI is InChI=1S/C28H57N/c1-3-5-7-9-11-13-14-15-16-17-18-19-20-22-24-26-28-29-27-25-23-21-12-10-8-6-4-2/h15-16,29H,3-14,17-28H2,1-2H3/b16-15-. The third-order valence-electron chi connectivity index (χ3n) is 6.07. The molecule has 0 atom stereocenters. The van der Waals surface area contributed by atoms with Crippen molar-refractivity contribution in [2.24, 2.45) is 0 Å². The third kappa shape index (κ3) is 27.7. The molecule has 174 valence electrons. The first kappa shape index (κ1) is 28.7. The lowest BCUT2D eigenvalue weighted by atomic mass is 10.1. The zero-order valence-electron chi connectivity index (χ0n) is 20.6. The van der Waals surface area contributed by atoms with Crippen LogP contribution in [0.2, 0.25) is 0 Å². The molecule has 0 aliphatic carbocycles. The van der Waals surface area contributed by atoms with Crippen molar-refractivity contribution in [2.45, 2.75) is 155 Å². The Morgan fingerprint density at radius 1 is 0.379 bits per heavy atom. The molecule has 1 N–H and O–H groups in total. The lowest BCUT2D eigenvalue weighted by molar-refractivity contribution is 0.535. The van der Waals surface area contributed by atoms with Gasteiger partial charge < -0.3 is 5.32 Å². The summed E-state index contributed by atoms with van der Waals surface area (Å²) in [6.07, 6.45) is 35.8. The lowest BCUT2D eigenvalue weighted by Gasteiger charge is -2.05. The molecule has 1 nitrogen and oxygen atoms in total. The van der Waals surface area contributed by atoms with Crippen LogP contribution >= 0.6 is 0 Å². The third-order valence-corrected chi connectivity index (χ3v) is 6.07. The van der Waals surface area contributed by atoms with Crippen LogP contribution in [0, 0.1) is 0 Å². The van der Waals surface area contributed by atoms with Crippen molar-refractivity contribution < 1.29 is 0 Å². The number of hydrogen-bond acceptors (Lipinski definition) is 1. The first-order chi connectivity index (χ1) is 14.4. The highest BCUT2D eigenvalue weighted by molar-refractivity contribution is 4.81. The molecule has 0 rings (SSSR count). The smallest absolute Gasteiger partial charge is 0.00489 e. The van der Waals surface area contributed by atoms with Gasteiger partial charge in [-0.15, -0.1) is 0 Å². The van der Waals surface area contributed by atoms with Gasteiger partial charge in [0.2, 0.25) is 0 Å². The minimum absolute atomic E-state index is 1.23. The number of unbranched alkanes of at least 4 members (excludes halogenated alkanes) is 19. The van der Waals surface area contributed by atoms with Crippen molar-refractivity contribution in [3.8, 4) is 0 Å². The summed E-state index contributed by atoms with van der Waals surface area (Å²) in [6.45, 7) is 7.06. The SMILES string of the molecule is CCCCCCCC/C=C\CCCCCCCCNCCCCCCCCCC. The van der Waals surface area contributed by atoms with Crippen LogP contribution in [0.5, 0.6) is 0 Å². The van der Waals surface area contributed by atoms with Crippen LogP contribution in [-0.4, -0.2) is 13.1 Å².